The van der Waals surface area contributed by atoms with Gasteiger partial charge in [0, 0.05) is 11.4 Å². The quantitative estimate of drug-likeness (QED) is 0.792. The number of amides is 1. The summed E-state index contributed by atoms with van der Waals surface area (Å²) in [5, 5.41) is 3.42. The number of hydrogen-bond acceptors (Lipinski definition) is 6. The van der Waals surface area contributed by atoms with Gasteiger partial charge in [0.2, 0.25) is 0 Å². The zero-order valence-corrected chi connectivity index (χ0v) is 15.8. The average molecular weight is 388 g/mol. The van der Waals surface area contributed by atoms with Crippen LogP contribution in [0, 0.1) is 0 Å². The van der Waals surface area contributed by atoms with Crippen molar-refractivity contribution in [2.75, 3.05) is 24.4 Å². The van der Waals surface area contributed by atoms with E-state index in [9.17, 15) is 9.18 Å². The molecule has 3 N–H and O–H groups in total. The summed E-state index contributed by atoms with van der Waals surface area (Å²) in [7, 11) is 0. The number of anilines is 1. The Morgan fingerprint density at radius 1 is 1.41 bits per heavy atom. The molecule has 0 unspecified atom stereocenters. The molecule has 6 nitrogen and oxygen atoms in total. The molecule has 1 amide bonds. The Morgan fingerprint density at radius 3 is 2.96 bits per heavy atom. The summed E-state index contributed by atoms with van der Waals surface area (Å²) in [4.78, 5) is 21.1. The summed E-state index contributed by atoms with van der Waals surface area (Å²) in [5.74, 6) is 0.990. The van der Waals surface area contributed by atoms with Gasteiger partial charge in [0.1, 0.15) is 24.7 Å². The molecule has 0 saturated heterocycles. The van der Waals surface area contributed by atoms with Gasteiger partial charge in [-0.25, -0.2) is 9.37 Å². The fourth-order valence-electron chi connectivity index (χ4n) is 2.78. The minimum atomic E-state index is -0.577. The van der Waals surface area contributed by atoms with Crippen molar-refractivity contribution in [3.63, 3.8) is 0 Å². The molecule has 0 radical (unpaired) electrons. The van der Waals surface area contributed by atoms with Crippen LogP contribution in [0.5, 0.6) is 5.75 Å². The normalized spacial score (nSPS) is 19.3. The molecule has 0 fully saturated rings. The second-order valence-corrected chi connectivity index (χ2v) is 7.39. The fourth-order valence-corrected chi connectivity index (χ4v) is 3.75. The number of nitrogens with zero attached hydrogens (tertiary/aromatic N) is 2. The van der Waals surface area contributed by atoms with E-state index in [0.29, 0.717) is 16.6 Å². The number of carbonyl (C=O) groups is 1. The van der Waals surface area contributed by atoms with Crippen LogP contribution in [0.1, 0.15) is 29.4 Å². The number of amidine groups is 1. The highest BCUT2D eigenvalue weighted by atomic mass is 32.2. The van der Waals surface area contributed by atoms with Gasteiger partial charge in [-0.05, 0) is 43.2 Å². The molecule has 142 valence electrons. The Labute approximate surface area is 161 Å². The lowest BCUT2D eigenvalue weighted by Gasteiger charge is -2.30. The molecule has 2 aromatic rings. The number of hydrogen-bond donors (Lipinski definition) is 2. The number of thioether (sulfide) groups is 1. The van der Waals surface area contributed by atoms with Gasteiger partial charge in [0.05, 0.1) is 11.7 Å². The third-order valence-electron chi connectivity index (χ3n) is 4.25. The zero-order chi connectivity index (χ0) is 19.3. The molecule has 0 bridgehead atoms. The molecular formula is C19H21FN4O2S. The van der Waals surface area contributed by atoms with Crippen LogP contribution in [-0.2, 0) is 5.54 Å². The van der Waals surface area contributed by atoms with Crippen molar-refractivity contribution in [1.29, 1.82) is 0 Å². The Kier molecular flexibility index (Phi) is 5.95. The first-order valence-corrected chi connectivity index (χ1v) is 9.53. The molecule has 8 heteroatoms. The first-order valence-electron chi connectivity index (χ1n) is 8.55. The van der Waals surface area contributed by atoms with Gasteiger partial charge in [-0.3, -0.25) is 9.79 Å². The summed E-state index contributed by atoms with van der Waals surface area (Å²) in [6, 6.07) is 10.7. The van der Waals surface area contributed by atoms with Crippen molar-refractivity contribution in [1.82, 2.24) is 4.98 Å². The fraction of sp³-hybridized carbons (Fsp3) is 0.316. The van der Waals surface area contributed by atoms with Gasteiger partial charge in [0.25, 0.3) is 5.91 Å². The highest BCUT2D eigenvalue weighted by Gasteiger charge is 2.29. The SMILES string of the molecule is C[C@@]1(c2cccc(NC(=O)c3ccc(OCCF)cn3)c2)CCSC(N)=N1. The van der Waals surface area contributed by atoms with E-state index in [2.05, 4.69) is 15.3 Å². The molecule has 2 heterocycles. The largest absolute Gasteiger partial charge is 0.489 e. The topological polar surface area (TPSA) is 89.6 Å². The number of aliphatic imine (C=N–C) groups is 1. The summed E-state index contributed by atoms with van der Waals surface area (Å²) in [6.45, 7) is 1.42. The number of aromatic nitrogens is 1. The highest BCUT2D eigenvalue weighted by molar-refractivity contribution is 8.13. The van der Waals surface area contributed by atoms with E-state index in [1.54, 1.807) is 17.8 Å². The standard InChI is InChI=1S/C19H21FN4O2S/c1-19(7-10-27-18(21)24-19)13-3-2-4-14(11-13)23-17(25)16-6-5-15(12-22-16)26-9-8-20/h2-6,11-12H,7-10H2,1H3,(H2,21,24)(H,23,25)/t19-/m0/s1. The molecule has 1 atom stereocenters. The van der Waals surface area contributed by atoms with E-state index in [1.807, 2.05) is 31.2 Å². The lowest BCUT2D eigenvalue weighted by Crippen LogP contribution is -2.28. The monoisotopic (exact) mass is 388 g/mol. The maximum Gasteiger partial charge on any atom is 0.274 e. The number of alkyl halides is 1. The van der Waals surface area contributed by atoms with Crippen molar-refractivity contribution in [2.45, 2.75) is 18.9 Å². The van der Waals surface area contributed by atoms with Gasteiger partial charge in [-0.1, -0.05) is 23.9 Å². The molecule has 1 aliphatic heterocycles. The van der Waals surface area contributed by atoms with Crippen LogP contribution in [0.25, 0.3) is 0 Å². The maximum absolute atomic E-state index is 12.4. The lowest BCUT2D eigenvalue weighted by molar-refractivity contribution is 0.102. The van der Waals surface area contributed by atoms with Crippen LogP contribution in [-0.4, -0.2) is 35.1 Å². The number of pyridine rings is 1. The smallest absolute Gasteiger partial charge is 0.274 e. The molecule has 0 spiro atoms. The molecular weight excluding hydrogens is 367 g/mol. The van der Waals surface area contributed by atoms with E-state index in [4.69, 9.17) is 10.5 Å². The number of carbonyl (C=O) groups excluding carboxylic acids is 1. The second-order valence-electron chi connectivity index (χ2n) is 6.27. The first-order chi connectivity index (χ1) is 13.0. The molecule has 1 aliphatic rings. The number of benzene rings is 1. The number of rotatable bonds is 6. The Balaban J connectivity index is 1.72. The summed E-state index contributed by atoms with van der Waals surface area (Å²) < 4.78 is 17.2. The zero-order valence-electron chi connectivity index (χ0n) is 14.9. The van der Waals surface area contributed by atoms with Crippen molar-refractivity contribution in [3.05, 3.63) is 53.9 Å². The van der Waals surface area contributed by atoms with Crippen LogP contribution >= 0.6 is 11.8 Å². The van der Waals surface area contributed by atoms with Crippen molar-refractivity contribution < 1.29 is 13.9 Å². The third kappa shape index (κ3) is 4.77. The average Bonchev–Trinajstić information content (AvgIpc) is 2.67. The lowest BCUT2D eigenvalue weighted by atomic mass is 9.89. The van der Waals surface area contributed by atoms with Crippen LogP contribution in [0.4, 0.5) is 10.1 Å². The van der Waals surface area contributed by atoms with Crippen molar-refractivity contribution >= 4 is 28.5 Å². The van der Waals surface area contributed by atoms with Crippen molar-refractivity contribution in [3.8, 4) is 5.75 Å². The highest BCUT2D eigenvalue weighted by Crippen LogP contribution is 2.35. The summed E-state index contributed by atoms with van der Waals surface area (Å²) in [5.41, 5.74) is 7.39. The van der Waals surface area contributed by atoms with E-state index >= 15 is 0 Å². The van der Waals surface area contributed by atoms with Crippen LogP contribution < -0.4 is 15.8 Å². The van der Waals surface area contributed by atoms with Gasteiger partial charge in [0.15, 0.2) is 5.17 Å². The van der Waals surface area contributed by atoms with Gasteiger partial charge in [-0.15, -0.1) is 0 Å². The molecule has 0 aliphatic carbocycles. The van der Waals surface area contributed by atoms with Crippen molar-refractivity contribution in [2.24, 2.45) is 10.7 Å². The Morgan fingerprint density at radius 2 is 2.26 bits per heavy atom. The molecule has 1 aromatic carbocycles. The van der Waals surface area contributed by atoms with Gasteiger partial charge >= 0.3 is 0 Å². The molecule has 0 saturated carbocycles. The second kappa shape index (κ2) is 8.39. The minimum Gasteiger partial charge on any atom is -0.489 e. The molecule has 27 heavy (non-hydrogen) atoms. The maximum atomic E-state index is 12.4. The molecule has 3 rings (SSSR count). The Bertz CT molecular complexity index is 844. The van der Waals surface area contributed by atoms with Crippen LogP contribution in [0.2, 0.25) is 0 Å². The van der Waals surface area contributed by atoms with Gasteiger partial charge in [-0.2, -0.15) is 0 Å². The minimum absolute atomic E-state index is 0.0374. The number of ether oxygens (including phenoxy) is 1. The summed E-state index contributed by atoms with van der Waals surface area (Å²) in [6.07, 6.45) is 2.27. The number of nitrogens with two attached hydrogens (primary N) is 1. The Hall–Kier alpha value is -2.61. The molecule has 1 aromatic heterocycles. The number of nitrogens with one attached hydrogen (secondary N) is 1. The predicted molar refractivity (Wildman–Crippen MR) is 106 cm³/mol. The number of halogens is 1. The van der Waals surface area contributed by atoms with E-state index in [-0.39, 0.29) is 18.2 Å². The predicted octanol–water partition coefficient (Wildman–Crippen LogP) is 3.35. The van der Waals surface area contributed by atoms with E-state index in [0.717, 1.165) is 17.7 Å². The van der Waals surface area contributed by atoms with E-state index < -0.39 is 12.2 Å². The van der Waals surface area contributed by atoms with Crippen LogP contribution in [0.15, 0.2) is 47.6 Å². The third-order valence-corrected chi connectivity index (χ3v) is 5.05. The van der Waals surface area contributed by atoms with Crippen LogP contribution in [0.3, 0.4) is 0 Å². The van der Waals surface area contributed by atoms with Gasteiger partial charge < -0.3 is 15.8 Å². The first kappa shape index (κ1) is 19.2. The summed E-state index contributed by atoms with van der Waals surface area (Å²) >= 11 is 1.55. The van der Waals surface area contributed by atoms with E-state index in [1.165, 1.54) is 12.3 Å².